The summed E-state index contributed by atoms with van der Waals surface area (Å²) in [4.78, 5) is 84.3. The van der Waals surface area contributed by atoms with Crippen LogP contribution in [0.25, 0.3) is 0 Å². The van der Waals surface area contributed by atoms with Crippen LogP contribution in [0.5, 0.6) is 0 Å². The molecule has 0 fully saturated rings. The van der Waals surface area contributed by atoms with Gasteiger partial charge in [0.2, 0.25) is 0 Å². The predicted molar refractivity (Wildman–Crippen MR) is 153 cm³/mol. The van der Waals surface area contributed by atoms with E-state index in [1.54, 1.807) is 0 Å². The molecule has 0 bridgehead atoms. The van der Waals surface area contributed by atoms with Gasteiger partial charge in [-0.15, -0.1) is 0 Å². The lowest BCUT2D eigenvalue weighted by molar-refractivity contribution is 0.0870. The lowest BCUT2D eigenvalue weighted by Crippen LogP contribution is -2.57. The van der Waals surface area contributed by atoms with Crippen LogP contribution in [0.4, 0.5) is 0 Å². The summed E-state index contributed by atoms with van der Waals surface area (Å²) in [7, 11) is -17.1. The van der Waals surface area contributed by atoms with Crippen molar-refractivity contribution >= 4 is 50.4 Å². The van der Waals surface area contributed by atoms with E-state index in [2.05, 4.69) is 0 Å². The van der Waals surface area contributed by atoms with E-state index in [0.717, 1.165) is 0 Å². The van der Waals surface area contributed by atoms with Crippen molar-refractivity contribution in [3.63, 3.8) is 0 Å². The summed E-state index contributed by atoms with van der Waals surface area (Å²) in [5.41, 5.74) is 10.5. The van der Waals surface area contributed by atoms with Crippen molar-refractivity contribution in [2.45, 2.75) is 44.4 Å². The summed E-state index contributed by atoms with van der Waals surface area (Å²) in [6.45, 7) is 0.832. The Bertz CT molecular complexity index is 712. The van der Waals surface area contributed by atoms with E-state index >= 15 is 0 Å². The van der Waals surface area contributed by atoms with Gasteiger partial charge in [0.1, 0.15) is 0 Å². The summed E-state index contributed by atoms with van der Waals surface area (Å²) in [5, 5.41) is 0. The van der Waals surface area contributed by atoms with Crippen molar-refractivity contribution in [2.24, 2.45) is 11.5 Å². The number of hydrogen-bond donors (Lipinski definition) is 12. The second-order valence-corrected chi connectivity index (χ2v) is 21.7. The van der Waals surface area contributed by atoms with Crippen LogP contribution in [0.2, 0.25) is 24.2 Å². The van der Waals surface area contributed by atoms with Crippen LogP contribution >= 0.6 is 15.2 Å². The molecule has 0 heterocycles. The first kappa shape index (κ1) is 47.6. The largest absolute Gasteiger partial charge is 0.493 e. The maximum absolute atomic E-state index is 11.1. The lowest BCUT2D eigenvalue weighted by Gasteiger charge is -2.35. The van der Waals surface area contributed by atoms with E-state index in [0.29, 0.717) is 32.0 Å². The van der Waals surface area contributed by atoms with Gasteiger partial charge in [-0.3, -0.25) is 9.13 Å². The zero-order chi connectivity index (χ0) is 31.6. The van der Waals surface area contributed by atoms with Crippen molar-refractivity contribution < 1.29 is 79.3 Å². The minimum absolute atomic E-state index is 0. The van der Waals surface area contributed by atoms with E-state index in [1.165, 1.54) is 28.4 Å². The second kappa shape index (κ2) is 22.2. The molecule has 0 aliphatic carbocycles. The number of nitrogens with two attached hydrogens (primary N) is 2. The number of hydrogen-bond acceptors (Lipinski definition) is 15. The van der Waals surface area contributed by atoms with Crippen LogP contribution in [0.15, 0.2) is 0 Å². The predicted octanol–water partition coefficient (Wildman–Crippen LogP) is -3.04. The zero-order valence-corrected chi connectivity index (χ0v) is 28.2. The first-order valence-corrected chi connectivity index (χ1v) is 22.8. The molecular formula is C15H50N2O17P2Si4. The topological polar surface area (TPSA) is 335 Å². The van der Waals surface area contributed by atoms with Gasteiger partial charge in [-0.2, -0.15) is 0 Å². The average molecular weight is 705 g/mol. The molecule has 0 aromatic heterocycles. The standard InChI is InChI=1S/C9H26NO8PSi2.C3H11NO3Si.C2H9O6PSi.CH4/c1-14-20(15-2,8-5-6-10)18-21(16-3,17-4)9-7-19(11,12)13;4-2-1-3-8(5,6)7;3-9(4,5)1-2-10(6,7)8;/h5-10H2,1-4H3,(H2,11,12,13);5-7H,1-4H2;6-8H,1-2H2,(H2,3,4,5);1H4. The first-order chi connectivity index (χ1) is 17.5. The smallest absolute Gasteiger partial charge is 0.390 e. The summed E-state index contributed by atoms with van der Waals surface area (Å²) in [5.74, 6) is 0. The monoisotopic (exact) mass is 704 g/mol. The van der Waals surface area contributed by atoms with Crippen molar-refractivity contribution in [1.29, 1.82) is 0 Å². The maximum atomic E-state index is 11.1. The van der Waals surface area contributed by atoms with Gasteiger partial charge in [0, 0.05) is 52.6 Å². The third kappa shape index (κ3) is 30.1. The highest BCUT2D eigenvalue weighted by atomic mass is 31.2. The van der Waals surface area contributed by atoms with Gasteiger partial charge >= 0.3 is 50.4 Å². The van der Waals surface area contributed by atoms with Crippen LogP contribution in [0.3, 0.4) is 0 Å². The quantitative estimate of drug-likeness (QED) is 0.0498. The SMILES string of the molecule is C.CO[Si](CCCN)(OC)O[Si](CCP(=O)(O)O)(OC)OC.NCCC[Si](O)(O)O.O=P(O)(O)CC[Si](O)(O)O. The van der Waals surface area contributed by atoms with Crippen LogP contribution in [0, 0.1) is 0 Å². The molecule has 0 radical (unpaired) electrons. The summed E-state index contributed by atoms with van der Waals surface area (Å²) >= 11 is 0. The molecular weight excluding hydrogens is 654 g/mol. The van der Waals surface area contributed by atoms with Crippen molar-refractivity contribution in [2.75, 3.05) is 53.9 Å². The van der Waals surface area contributed by atoms with E-state index in [-0.39, 0.29) is 19.5 Å². The molecule has 0 aliphatic heterocycles. The van der Waals surface area contributed by atoms with Gasteiger partial charge in [0.15, 0.2) is 0 Å². The fourth-order valence-corrected chi connectivity index (χ4v) is 13.5. The first-order valence-electron chi connectivity index (χ1n) is 11.2. The molecule has 0 saturated carbocycles. The van der Waals surface area contributed by atoms with Gasteiger partial charge in [0.05, 0.1) is 12.3 Å². The van der Waals surface area contributed by atoms with Gasteiger partial charge in [0.25, 0.3) is 0 Å². The summed E-state index contributed by atoms with van der Waals surface area (Å²) in [6, 6.07) is -0.150. The van der Waals surface area contributed by atoms with Crippen LogP contribution in [-0.4, -0.2) is 137 Å². The Morgan fingerprint density at radius 2 is 0.875 bits per heavy atom. The van der Waals surface area contributed by atoms with E-state index in [1.807, 2.05) is 0 Å². The molecule has 0 aliphatic rings. The molecule has 25 heteroatoms. The second-order valence-electron chi connectivity index (χ2n) is 7.89. The summed E-state index contributed by atoms with van der Waals surface area (Å²) in [6.07, 6.45) is 0.0123. The molecule has 0 aromatic rings. The highest BCUT2D eigenvalue weighted by molar-refractivity contribution is 7.52. The Balaban J connectivity index is -0.000000283. The molecule has 0 spiro atoms. The molecule has 0 rings (SSSR count). The van der Waals surface area contributed by atoms with E-state index in [4.69, 9.17) is 81.6 Å². The normalized spacial score (nSPS) is 13.0. The molecule has 19 nitrogen and oxygen atoms in total. The maximum Gasteiger partial charge on any atom is 0.493 e. The highest BCUT2D eigenvalue weighted by Crippen LogP contribution is 2.38. The minimum atomic E-state index is -4.26. The van der Waals surface area contributed by atoms with Gasteiger partial charge < -0.3 is 81.6 Å². The third-order valence-electron chi connectivity index (χ3n) is 4.41. The Kier molecular flexibility index (Phi) is 26.4. The molecule has 0 amide bonds. The Labute approximate surface area is 239 Å². The lowest BCUT2D eigenvalue weighted by atomic mass is 10.5. The molecule has 0 saturated heterocycles. The van der Waals surface area contributed by atoms with E-state index in [9.17, 15) is 9.13 Å². The Hall–Kier alpha value is 0.648. The molecule has 40 heavy (non-hydrogen) atoms. The van der Waals surface area contributed by atoms with Crippen LogP contribution < -0.4 is 11.5 Å². The molecule has 248 valence electrons. The van der Waals surface area contributed by atoms with Crippen molar-refractivity contribution in [1.82, 2.24) is 0 Å². The minimum Gasteiger partial charge on any atom is -0.390 e. The molecule has 0 atom stereocenters. The van der Waals surface area contributed by atoms with Gasteiger partial charge in [-0.25, -0.2) is 0 Å². The van der Waals surface area contributed by atoms with Gasteiger partial charge in [-0.1, -0.05) is 7.43 Å². The number of rotatable bonds is 18. The Morgan fingerprint density at radius 1 is 0.575 bits per heavy atom. The van der Waals surface area contributed by atoms with Crippen molar-refractivity contribution in [3.05, 3.63) is 0 Å². The average Bonchev–Trinajstić information content (AvgIpc) is 2.81. The van der Waals surface area contributed by atoms with Gasteiger partial charge in [-0.05, 0) is 25.9 Å². The van der Waals surface area contributed by atoms with Crippen LogP contribution in [-0.2, 0) is 30.9 Å². The third-order valence-corrected chi connectivity index (χ3v) is 15.6. The highest BCUT2D eigenvalue weighted by Gasteiger charge is 2.52. The molecule has 0 aromatic carbocycles. The Morgan fingerprint density at radius 3 is 1.10 bits per heavy atom. The fourth-order valence-electron chi connectivity index (χ4n) is 2.32. The zero-order valence-electron chi connectivity index (χ0n) is 22.5. The molecule has 0 unspecified atom stereocenters. The van der Waals surface area contributed by atoms with Crippen molar-refractivity contribution in [3.8, 4) is 0 Å². The molecule has 14 N–H and O–H groups in total. The van der Waals surface area contributed by atoms with E-state index < -0.39 is 68.8 Å². The summed E-state index contributed by atoms with van der Waals surface area (Å²) < 4.78 is 48.5. The van der Waals surface area contributed by atoms with Crippen LogP contribution in [0.1, 0.15) is 20.3 Å². The fraction of sp³-hybridized carbons (Fsp3) is 1.00.